The fraction of sp³-hybridized carbons (Fsp3) is 0.571. The number of benzene rings is 1. The van der Waals surface area contributed by atoms with E-state index < -0.39 is 0 Å². The Hall–Kier alpha value is -1.26. The highest BCUT2D eigenvalue weighted by Crippen LogP contribution is 2.35. The average Bonchev–Trinajstić information content (AvgIpc) is 2.86. The van der Waals surface area contributed by atoms with Crippen molar-refractivity contribution in [2.75, 3.05) is 20.4 Å². The molecule has 0 aliphatic carbocycles. The molecule has 1 aromatic rings. The van der Waals surface area contributed by atoms with Gasteiger partial charge < -0.3 is 15.2 Å². The van der Waals surface area contributed by atoms with E-state index in [0.717, 1.165) is 17.9 Å². The maximum Gasteiger partial charge on any atom is 0.231 e. The van der Waals surface area contributed by atoms with Gasteiger partial charge in [-0.15, -0.1) is 0 Å². The molecule has 2 rings (SSSR count). The van der Waals surface area contributed by atoms with Crippen LogP contribution < -0.4 is 15.2 Å². The van der Waals surface area contributed by atoms with Crippen molar-refractivity contribution in [1.82, 2.24) is 4.90 Å². The molecule has 18 heavy (non-hydrogen) atoms. The molecule has 2 unspecified atom stereocenters. The number of hydrogen-bond acceptors (Lipinski definition) is 4. The molecule has 100 valence electrons. The van der Waals surface area contributed by atoms with Crippen molar-refractivity contribution >= 4 is 0 Å². The third-order valence-electron chi connectivity index (χ3n) is 3.78. The fourth-order valence-electron chi connectivity index (χ4n) is 2.25. The van der Waals surface area contributed by atoms with Crippen LogP contribution >= 0.6 is 0 Å². The first-order valence-electron chi connectivity index (χ1n) is 6.49. The summed E-state index contributed by atoms with van der Waals surface area (Å²) in [5.74, 6) is 1.64. The first-order valence-corrected chi connectivity index (χ1v) is 6.49. The Kier molecular flexibility index (Phi) is 4.09. The number of nitrogens with two attached hydrogens (primary N) is 1. The lowest BCUT2D eigenvalue weighted by Crippen LogP contribution is -2.36. The van der Waals surface area contributed by atoms with Crippen molar-refractivity contribution in [3.05, 3.63) is 23.8 Å². The smallest absolute Gasteiger partial charge is 0.231 e. The first-order chi connectivity index (χ1) is 8.67. The Labute approximate surface area is 109 Å². The molecule has 1 heterocycles. The summed E-state index contributed by atoms with van der Waals surface area (Å²) >= 11 is 0. The van der Waals surface area contributed by atoms with Gasteiger partial charge in [0.1, 0.15) is 0 Å². The predicted octanol–water partition coefficient (Wildman–Crippen LogP) is 2.15. The number of hydrogen-bond donors (Lipinski definition) is 1. The molecule has 0 fully saturated rings. The lowest BCUT2D eigenvalue weighted by molar-refractivity contribution is 0.173. The fourth-order valence-corrected chi connectivity index (χ4v) is 2.25. The molecule has 0 saturated heterocycles. The summed E-state index contributed by atoms with van der Waals surface area (Å²) in [5, 5.41) is 0. The van der Waals surface area contributed by atoms with Crippen molar-refractivity contribution < 1.29 is 9.47 Å². The van der Waals surface area contributed by atoms with Gasteiger partial charge in [0.15, 0.2) is 11.5 Å². The quantitative estimate of drug-likeness (QED) is 0.870. The summed E-state index contributed by atoms with van der Waals surface area (Å²) in [4.78, 5) is 2.32. The van der Waals surface area contributed by atoms with Crippen LogP contribution in [0, 0.1) is 0 Å². The van der Waals surface area contributed by atoms with Crippen molar-refractivity contribution in [2.24, 2.45) is 5.73 Å². The van der Waals surface area contributed by atoms with Gasteiger partial charge in [0.05, 0.1) is 0 Å². The van der Waals surface area contributed by atoms with E-state index >= 15 is 0 Å². The van der Waals surface area contributed by atoms with E-state index in [1.807, 2.05) is 12.1 Å². The molecular weight excluding hydrogens is 228 g/mol. The SMILES string of the molecule is CCC(C)N(C)C(CN)c1ccc2c(c1)OCO2. The van der Waals surface area contributed by atoms with Crippen LogP contribution in [0.15, 0.2) is 18.2 Å². The van der Waals surface area contributed by atoms with E-state index in [1.54, 1.807) is 0 Å². The van der Waals surface area contributed by atoms with Gasteiger partial charge in [0.2, 0.25) is 6.79 Å². The molecule has 0 saturated carbocycles. The van der Waals surface area contributed by atoms with Crippen LogP contribution in [0.5, 0.6) is 11.5 Å². The van der Waals surface area contributed by atoms with Gasteiger partial charge in [-0.1, -0.05) is 13.0 Å². The third kappa shape index (κ3) is 2.44. The van der Waals surface area contributed by atoms with E-state index in [2.05, 4.69) is 31.9 Å². The van der Waals surface area contributed by atoms with Crippen LogP contribution in [0.25, 0.3) is 0 Å². The molecule has 1 aliphatic heterocycles. The Morgan fingerprint density at radius 2 is 2.06 bits per heavy atom. The maximum atomic E-state index is 5.93. The molecule has 4 nitrogen and oxygen atoms in total. The third-order valence-corrected chi connectivity index (χ3v) is 3.78. The van der Waals surface area contributed by atoms with Gasteiger partial charge in [-0.3, -0.25) is 4.90 Å². The summed E-state index contributed by atoms with van der Waals surface area (Å²) in [5.41, 5.74) is 7.11. The predicted molar refractivity (Wildman–Crippen MR) is 71.9 cm³/mol. The minimum Gasteiger partial charge on any atom is -0.454 e. The lowest BCUT2D eigenvalue weighted by atomic mass is 10.0. The Morgan fingerprint density at radius 3 is 2.72 bits per heavy atom. The van der Waals surface area contributed by atoms with Gasteiger partial charge in [0.25, 0.3) is 0 Å². The highest BCUT2D eigenvalue weighted by molar-refractivity contribution is 5.45. The first kappa shape index (κ1) is 13.2. The van der Waals surface area contributed by atoms with E-state index in [-0.39, 0.29) is 6.04 Å². The van der Waals surface area contributed by atoms with E-state index in [9.17, 15) is 0 Å². The van der Waals surface area contributed by atoms with E-state index in [4.69, 9.17) is 15.2 Å². The summed E-state index contributed by atoms with van der Waals surface area (Å²) < 4.78 is 10.7. The van der Waals surface area contributed by atoms with Crippen molar-refractivity contribution in [1.29, 1.82) is 0 Å². The van der Waals surface area contributed by atoms with Gasteiger partial charge in [-0.25, -0.2) is 0 Å². The number of rotatable bonds is 5. The molecule has 0 spiro atoms. The van der Waals surface area contributed by atoms with Crippen LogP contribution in [-0.4, -0.2) is 31.3 Å². The lowest BCUT2D eigenvalue weighted by Gasteiger charge is -2.32. The number of ether oxygens (including phenoxy) is 2. The summed E-state index contributed by atoms with van der Waals surface area (Å²) in [6.45, 7) is 5.32. The molecule has 2 N–H and O–H groups in total. The zero-order chi connectivity index (χ0) is 13.1. The van der Waals surface area contributed by atoms with Crippen LogP contribution in [0.4, 0.5) is 0 Å². The molecule has 2 atom stereocenters. The molecular formula is C14H22N2O2. The Balaban J connectivity index is 2.22. The Bertz CT molecular complexity index is 409. The van der Waals surface area contributed by atoms with Gasteiger partial charge in [0, 0.05) is 18.6 Å². The van der Waals surface area contributed by atoms with Crippen LogP contribution in [0.1, 0.15) is 31.9 Å². The monoisotopic (exact) mass is 250 g/mol. The standard InChI is InChI=1S/C14H22N2O2/c1-4-10(2)16(3)12(8-15)11-5-6-13-14(7-11)18-9-17-13/h5-7,10,12H,4,8-9,15H2,1-3H3. The highest BCUT2D eigenvalue weighted by atomic mass is 16.7. The van der Waals surface area contributed by atoms with Gasteiger partial charge in [-0.2, -0.15) is 0 Å². The van der Waals surface area contributed by atoms with E-state index in [0.29, 0.717) is 19.4 Å². The molecule has 1 aromatic carbocycles. The van der Waals surface area contributed by atoms with Crippen molar-refractivity contribution in [3.63, 3.8) is 0 Å². The zero-order valence-electron chi connectivity index (χ0n) is 11.3. The highest BCUT2D eigenvalue weighted by Gasteiger charge is 2.22. The molecule has 4 heteroatoms. The largest absolute Gasteiger partial charge is 0.454 e. The zero-order valence-corrected chi connectivity index (χ0v) is 11.3. The maximum absolute atomic E-state index is 5.93. The van der Waals surface area contributed by atoms with Gasteiger partial charge >= 0.3 is 0 Å². The molecule has 1 aliphatic rings. The second kappa shape index (κ2) is 5.59. The minimum atomic E-state index is 0.217. The summed E-state index contributed by atoms with van der Waals surface area (Å²) in [6, 6.07) is 6.80. The normalized spacial score (nSPS) is 16.9. The summed E-state index contributed by atoms with van der Waals surface area (Å²) in [7, 11) is 2.12. The summed E-state index contributed by atoms with van der Waals surface area (Å²) in [6.07, 6.45) is 1.11. The van der Waals surface area contributed by atoms with Gasteiger partial charge in [-0.05, 0) is 38.1 Å². The number of fused-ring (bicyclic) bond motifs is 1. The van der Waals surface area contributed by atoms with Crippen molar-refractivity contribution in [2.45, 2.75) is 32.4 Å². The number of likely N-dealkylation sites (N-methyl/N-ethyl adjacent to an activating group) is 1. The second-order valence-corrected chi connectivity index (χ2v) is 4.79. The average molecular weight is 250 g/mol. The topological polar surface area (TPSA) is 47.7 Å². The van der Waals surface area contributed by atoms with Crippen LogP contribution in [0.2, 0.25) is 0 Å². The number of nitrogens with zero attached hydrogens (tertiary/aromatic N) is 1. The molecule has 0 radical (unpaired) electrons. The molecule has 0 aromatic heterocycles. The van der Waals surface area contributed by atoms with Crippen LogP contribution in [0.3, 0.4) is 0 Å². The second-order valence-electron chi connectivity index (χ2n) is 4.79. The van der Waals surface area contributed by atoms with E-state index in [1.165, 1.54) is 5.56 Å². The molecule has 0 amide bonds. The van der Waals surface area contributed by atoms with Crippen LogP contribution in [-0.2, 0) is 0 Å². The minimum absolute atomic E-state index is 0.217. The molecule has 0 bridgehead atoms. The Morgan fingerprint density at radius 1 is 1.33 bits per heavy atom. The van der Waals surface area contributed by atoms with Crippen molar-refractivity contribution in [3.8, 4) is 11.5 Å².